The summed E-state index contributed by atoms with van der Waals surface area (Å²) in [6.07, 6.45) is 4.09. The van der Waals surface area contributed by atoms with Crippen molar-refractivity contribution in [2.45, 2.75) is 31.0 Å². The summed E-state index contributed by atoms with van der Waals surface area (Å²) < 4.78 is 2.37. The van der Waals surface area contributed by atoms with Crippen LogP contribution in [0.2, 0.25) is 0 Å². The van der Waals surface area contributed by atoms with Gasteiger partial charge >= 0.3 is 0 Å². The zero-order valence-electron chi connectivity index (χ0n) is 14.4. The highest BCUT2D eigenvalue weighted by Crippen LogP contribution is 2.32. The second kappa shape index (κ2) is 8.84. The molecule has 0 aliphatic carbocycles. The first-order valence-electron chi connectivity index (χ1n) is 8.45. The zero-order valence-corrected chi connectivity index (χ0v) is 16.0. The van der Waals surface area contributed by atoms with Crippen LogP contribution in [0.25, 0.3) is 20.7 Å². The molecule has 0 saturated carbocycles. The molecule has 2 heterocycles. The van der Waals surface area contributed by atoms with Gasteiger partial charge < -0.3 is 0 Å². The second-order valence-corrected chi connectivity index (χ2v) is 7.87. The monoisotopic (exact) mass is 381 g/mol. The summed E-state index contributed by atoms with van der Waals surface area (Å²) >= 11 is 3.06. The fourth-order valence-electron chi connectivity index (χ4n) is 2.61. The highest BCUT2D eigenvalue weighted by atomic mass is 32.2. The van der Waals surface area contributed by atoms with Crippen LogP contribution in [0.4, 0.5) is 0 Å². The van der Waals surface area contributed by atoms with Gasteiger partial charge in [0, 0.05) is 23.6 Å². The lowest BCUT2D eigenvalue weighted by Crippen LogP contribution is -2.21. The number of aromatic nitrogens is 2. The van der Waals surface area contributed by atoms with Crippen LogP contribution in [-0.4, -0.2) is 15.3 Å². The molecule has 26 heavy (non-hydrogen) atoms. The van der Waals surface area contributed by atoms with Crippen molar-refractivity contribution in [1.82, 2.24) is 9.55 Å². The van der Waals surface area contributed by atoms with E-state index in [0.717, 1.165) is 39.7 Å². The molecular weight excluding hydrogens is 362 g/mol. The van der Waals surface area contributed by atoms with E-state index in [9.17, 15) is 4.79 Å². The highest BCUT2D eigenvalue weighted by Gasteiger charge is 2.14. The van der Waals surface area contributed by atoms with Crippen molar-refractivity contribution < 1.29 is 0 Å². The van der Waals surface area contributed by atoms with Crippen molar-refractivity contribution in [3.63, 3.8) is 0 Å². The van der Waals surface area contributed by atoms with Crippen molar-refractivity contribution in [2.24, 2.45) is 0 Å². The predicted molar refractivity (Wildman–Crippen MR) is 110 cm³/mol. The first-order valence-corrected chi connectivity index (χ1v) is 10.2. The van der Waals surface area contributed by atoms with Gasteiger partial charge in [-0.2, -0.15) is 5.26 Å². The van der Waals surface area contributed by atoms with Crippen LogP contribution in [0.3, 0.4) is 0 Å². The number of thioether (sulfide) groups is 1. The molecule has 1 aromatic carbocycles. The van der Waals surface area contributed by atoms with Crippen LogP contribution >= 0.6 is 23.1 Å². The number of unbranched alkanes of at least 4 members (excludes halogenated alkanes) is 2. The molecular formula is C20H19N3OS2. The number of benzene rings is 1. The summed E-state index contributed by atoms with van der Waals surface area (Å²) in [5.41, 5.74) is 1.83. The van der Waals surface area contributed by atoms with Crippen LogP contribution in [0, 0.1) is 11.3 Å². The number of nitrogens with zero attached hydrogens (tertiary/aromatic N) is 3. The van der Waals surface area contributed by atoms with Gasteiger partial charge in [0.25, 0.3) is 5.56 Å². The molecule has 0 aliphatic heterocycles. The highest BCUT2D eigenvalue weighted by molar-refractivity contribution is 7.99. The topological polar surface area (TPSA) is 58.7 Å². The molecule has 0 aliphatic rings. The minimum absolute atomic E-state index is 0.0124. The van der Waals surface area contributed by atoms with E-state index in [0.29, 0.717) is 17.7 Å². The van der Waals surface area contributed by atoms with E-state index in [1.165, 1.54) is 11.3 Å². The molecule has 0 saturated heterocycles. The molecule has 0 unspecified atom stereocenters. The van der Waals surface area contributed by atoms with Crippen LogP contribution in [-0.2, 0) is 6.54 Å². The third-order valence-corrected chi connectivity index (χ3v) is 6.11. The Bertz CT molecular complexity index is 1000. The predicted octanol–water partition coefficient (Wildman–Crippen LogP) is 5.10. The molecule has 3 aromatic rings. The van der Waals surface area contributed by atoms with Gasteiger partial charge in [-0.15, -0.1) is 17.9 Å². The Morgan fingerprint density at radius 1 is 1.31 bits per heavy atom. The maximum absolute atomic E-state index is 12.9. The first-order chi connectivity index (χ1) is 12.7. The molecule has 6 heteroatoms. The Hall–Kier alpha value is -2.36. The number of fused-ring (bicyclic) bond motifs is 1. The van der Waals surface area contributed by atoms with E-state index in [-0.39, 0.29) is 5.56 Å². The summed E-state index contributed by atoms with van der Waals surface area (Å²) in [7, 11) is 0. The molecule has 2 aromatic heterocycles. The molecule has 0 bridgehead atoms. The maximum Gasteiger partial charge on any atom is 0.272 e. The lowest BCUT2D eigenvalue weighted by Gasteiger charge is -2.09. The quantitative estimate of drug-likeness (QED) is 0.236. The molecule has 0 spiro atoms. The van der Waals surface area contributed by atoms with Gasteiger partial charge in [-0.05, 0) is 24.5 Å². The average molecular weight is 382 g/mol. The summed E-state index contributed by atoms with van der Waals surface area (Å²) in [4.78, 5) is 18.7. The van der Waals surface area contributed by atoms with Crippen LogP contribution in [0.15, 0.2) is 59.0 Å². The number of nitriles is 1. The molecule has 0 N–H and O–H groups in total. The van der Waals surface area contributed by atoms with Gasteiger partial charge in [-0.3, -0.25) is 9.36 Å². The first kappa shape index (κ1) is 18.4. The molecule has 0 radical (unpaired) electrons. The molecule has 3 rings (SSSR count). The smallest absolute Gasteiger partial charge is 0.272 e. The van der Waals surface area contributed by atoms with Gasteiger partial charge in [-0.1, -0.05) is 48.2 Å². The van der Waals surface area contributed by atoms with Gasteiger partial charge in [0.2, 0.25) is 0 Å². The lowest BCUT2D eigenvalue weighted by atomic mass is 10.2. The second-order valence-electron chi connectivity index (χ2n) is 5.75. The minimum atomic E-state index is -0.0124. The van der Waals surface area contributed by atoms with Crippen LogP contribution in [0.5, 0.6) is 0 Å². The fraction of sp³-hybridized carbons (Fsp3) is 0.250. The Balaban J connectivity index is 1.96. The van der Waals surface area contributed by atoms with Crippen LogP contribution < -0.4 is 5.56 Å². The van der Waals surface area contributed by atoms with E-state index in [2.05, 4.69) is 12.6 Å². The molecule has 0 fully saturated rings. The fourth-order valence-corrected chi connectivity index (χ4v) is 4.66. The maximum atomic E-state index is 12.9. The number of hydrogen-bond donors (Lipinski definition) is 0. The molecule has 132 valence electrons. The van der Waals surface area contributed by atoms with Gasteiger partial charge in [-0.25, -0.2) is 4.98 Å². The summed E-state index contributed by atoms with van der Waals surface area (Å²) in [5, 5.41) is 9.34. The number of thiophene rings is 1. The van der Waals surface area contributed by atoms with Crippen molar-refractivity contribution in [3.8, 4) is 16.5 Å². The average Bonchev–Trinajstić information content (AvgIpc) is 3.09. The van der Waals surface area contributed by atoms with Crippen molar-refractivity contribution in [2.75, 3.05) is 5.75 Å². The third kappa shape index (κ3) is 4.06. The minimum Gasteiger partial charge on any atom is -0.283 e. The molecule has 0 amide bonds. The van der Waals surface area contributed by atoms with Gasteiger partial charge in [0.1, 0.15) is 4.70 Å². The van der Waals surface area contributed by atoms with E-state index in [1.807, 2.05) is 36.4 Å². The van der Waals surface area contributed by atoms with Crippen molar-refractivity contribution >= 4 is 33.3 Å². The Morgan fingerprint density at radius 3 is 2.85 bits per heavy atom. The Labute approximate surface area is 160 Å². The van der Waals surface area contributed by atoms with E-state index in [1.54, 1.807) is 22.4 Å². The van der Waals surface area contributed by atoms with Gasteiger partial charge in [0.15, 0.2) is 5.16 Å². The largest absolute Gasteiger partial charge is 0.283 e. The Morgan fingerprint density at radius 2 is 2.12 bits per heavy atom. The SMILES string of the molecule is C=CCn1c(SCCCCC#N)nc2cc(-c3ccccc3)sc2c1=O. The van der Waals surface area contributed by atoms with E-state index >= 15 is 0 Å². The van der Waals surface area contributed by atoms with E-state index < -0.39 is 0 Å². The number of rotatable bonds is 8. The number of hydrogen-bond acceptors (Lipinski definition) is 5. The van der Waals surface area contributed by atoms with Crippen molar-refractivity contribution in [1.29, 1.82) is 5.26 Å². The molecule has 0 atom stereocenters. The lowest BCUT2D eigenvalue weighted by molar-refractivity contribution is 0.672. The summed E-state index contributed by atoms with van der Waals surface area (Å²) in [6.45, 7) is 4.21. The van der Waals surface area contributed by atoms with Crippen molar-refractivity contribution in [3.05, 3.63) is 59.4 Å². The summed E-state index contributed by atoms with van der Waals surface area (Å²) in [6, 6.07) is 14.2. The molecule has 4 nitrogen and oxygen atoms in total. The Kier molecular flexibility index (Phi) is 6.26. The summed E-state index contributed by atoms with van der Waals surface area (Å²) in [5.74, 6) is 0.840. The van der Waals surface area contributed by atoms with E-state index in [4.69, 9.17) is 10.2 Å². The van der Waals surface area contributed by atoms with Crippen LogP contribution in [0.1, 0.15) is 19.3 Å². The van der Waals surface area contributed by atoms with Gasteiger partial charge in [0.05, 0.1) is 11.6 Å². The number of allylic oxidation sites excluding steroid dienone is 1. The standard InChI is InChI=1S/C20H19N3OS2/c1-2-12-23-19(24)18-16(22-20(23)25-13-8-4-7-11-21)14-17(26-18)15-9-5-3-6-10-15/h2-3,5-6,9-10,14H,1,4,7-8,12-13H2. The third-order valence-electron chi connectivity index (χ3n) is 3.88. The normalized spacial score (nSPS) is 10.7. The zero-order chi connectivity index (χ0) is 18.4.